The summed E-state index contributed by atoms with van der Waals surface area (Å²) in [7, 11) is 0. The average molecular weight is 418 g/mol. The molecule has 0 aromatic heterocycles. The van der Waals surface area contributed by atoms with Crippen LogP contribution in [0.2, 0.25) is 0 Å². The second kappa shape index (κ2) is 7.23. The fourth-order valence-electron chi connectivity index (χ4n) is 4.81. The van der Waals surface area contributed by atoms with Crippen molar-refractivity contribution in [2.45, 2.75) is 38.3 Å². The highest BCUT2D eigenvalue weighted by Crippen LogP contribution is 2.35. The highest BCUT2D eigenvalue weighted by Gasteiger charge is 2.45. The van der Waals surface area contributed by atoms with Crippen LogP contribution in [0.4, 0.5) is 11.4 Å². The summed E-state index contributed by atoms with van der Waals surface area (Å²) in [6, 6.07) is 10.1. The molecule has 1 fully saturated rings. The van der Waals surface area contributed by atoms with Gasteiger partial charge in [-0.1, -0.05) is 18.2 Å². The zero-order valence-corrected chi connectivity index (χ0v) is 16.9. The Balaban J connectivity index is 1.48. The fraction of sp³-hybridized carbons (Fsp3) is 0.304. The molecule has 31 heavy (non-hydrogen) atoms. The quantitative estimate of drug-likeness (QED) is 0.579. The SMILES string of the molecule is Nc1cccc2c1CCCN2Cc1cccc2c1C(=O)N(C1CCC(=O)NC1=O)C2=O. The summed E-state index contributed by atoms with van der Waals surface area (Å²) in [5.41, 5.74) is 10.4. The first kappa shape index (κ1) is 19.3. The van der Waals surface area contributed by atoms with Crippen molar-refractivity contribution < 1.29 is 19.2 Å². The zero-order chi connectivity index (χ0) is 21.7. The maximum atomic E-state index is 13.3. The van der Waals surface area contributed by atoms with Crippen LogP contribution in [-0.2, 0) is 22.6 Å². The van der Waals surface area contributed by atoms with E-state index in [2.05, 4.69) is 10.2 Å². The molecule has 5 rings (SSSR count). The lowest BCUT2D eigenvalue weighted by molar-refractivity contribution is -0.136. The molecule has 8 heteroatoms. The van der Waals surface area contributed by atoms with Crippen LogP contribution in [0.3, 0.4) is 0 Å². The molecule has 1 atom stereocenters. The van der Waals surface area contributed by atoms with Gasteiger partial charge in [-0.3, -0.25) is 29.4 Å². The van der Waals surface area contributed by atoms with E-state index >= 15 is 0 Å². The van der Waals surface area contributed by atoms with E-state index in [-0.39, 0.29) is 18.7 Å². The molecule has 4 amide bonds. The Morgan fingerprint density at radius 2 is 1.81 bits per heavy atom. The van der Waals surface area contributed by atoms with Crippen LogP contribution in [0.1, 0.15) is 51.1 Å². The van der Waals surface area contributed by atoms with Crippen molar-refractivity contribution >= 4 is 35.0 Å². The van der Waals surface area contributed by atoms with Crippen LogP contribution in [0.25, 0.3) is 0 Å². The topological polar surface area (TPSA) is 113 Å². The molecule has 1 saturated heterocycles. The lowest BCUT2D eigenvalue weighted by Crippen LogP contribution is -2.54. The van der Waals surface area contributed by atoms with Crippen LogP contribution in [0, 0.1) is 0 Å². The predicted octanol–water partition coefficient (Wildman–Crippen LogP) is 1.62. The number of imide groups is 2. The van der Waals surface area contributed by atoms with Crippen molar-refractivity contribution in [2.75, 3.05) is 17.2 Å². The van der Waals surface area contributed by atoms with Gasteiger partial charge in [0.05, 0.1) is 11.1 Å². The van der Waals surface area contributed by atoms with Gasteiger partial charge in [-0.2, -0.15) is 0 Å². The van der Waals surface area contributed by atoms with E-state index in [0.717, 1.165) is 46.8 Å². The van der Waals surface area contributed by atoms with Gasteiger partial charge in [0.25, 0.3) is 11.8 Å². The average Bonchev–Trinajstić information content (AvgIpc) is 3.00. The van der Waals surface area contributed by atoms with Crippen molar-refractivity contribution in [1.82, 2.24) is 10.2 Å². The molecule has 1 unspecified atom stereocenters. The molecule has 3 heterocycles. The third-order valence-corrected chi connectivity index (χ3v) is 6.30. The third-order valence-electron chi connectivity index (χ3n) is 6.30. The number of rotatable bonds is 3. The summed E-state index contributed by atoms with van der Waals surface area (Å²) in [5.74, 6) is -1.95. The number of benzene rings is 2. The number of nitrogens with one attached hydrogen (secondary N) is 1. The lowest BCUT2D eigenvalue weighted by atomic mass is 9.97. The Morgan fingerprint density at radius 3 is 2.61 bits per heavy atom. The van der Waals surface area contributed by atoms with Gasteiger partial charge in [0, 0.05) is 30.9 Å². The van der Waals surface area contributed by atoms with E-state index in [1.54, 1.807) is 12.1 Å². The van der Waals surface area contributed by atoms with E-state index in [1.807, 2.05) is 24.3 Å². The molecule has 158 valence electrons. The minimum absolute atomic E-state index is 0.0999. The first-order valence-corrected chi connectivity index (χ1v) is 10.4. The van der Waals surface area contributed by atoms with Crippen molar-refractivity contribution in [2.24, 2.45) is 0 Å². The number of fused-ring (bicyclic) bond motifs is 2. The fourth-order valence-corrected chi connectivity index (χ4v) is 4.81. The molecule has 0 radical (unpaired) electrons. The zero-order valence-electron chi connectivity index (χ0n) is 16.9. The number of carbonyl (C=O) groups excluding carboxylic acids is 4. The first-order valence-electron chi connectivity index (χ1n) is 10.4. The highest BCUT2D eigenvalue weighted by molar-refractivity contribution is 6.24. The van der Waals surface area contributed by atoms with Crippen LogP contribution in [0.5, 0.6) is 0 Å². The summed E-state index contributed by atoms with van der Waals surface area (Å²) >= 11 is 0. The Hall–Kier alpha value is -3.68. The molecule has 2 aromatic rings. The molecule has 3 N–H and O–H groups in total. The number of hydrogen-bond acceptors (Lipinski definition) is 6. The minimum atomic E-state index is -0.964. The lowest BCUT2D eigenvalue weighted by Gasteiger charge is -2.32. The van der Waals surface area contributed by atoms with Gasteiger partial charge >= 0.3 is 0 Å². The molecular weight excluding hydrogens is 396 g/mol. The van der Waals surface area contributed by atoms with Gasteiger partial charge in [0.2, 0.25) is 11.8 Å². The summed E-state index contributed by atoms with van der Waals surface area (Å²) in [4.78, 5) is 53.3. The molecule has 3 aliphatic rings. The van der Waals surface area contributed by atoms with Gasteiger partial charge in [0.15, 0.2) is 0 Å². The van der Waals surface area contributed by atoms with Crippen molar-refractivity contribution in [3.63, 3.8) is 0 Å². The molecule has 3 aliphatic heterocycles. The van der Waals surface area contributed by atoms with E-state index in [4.69, 9.17) is 5.73 Å². The van der Waals surface area contributed by atoms with E-state index in [0.29, 0.717) is 17.7 Å². The summed E-state index contributed by atoms with van der Waals surface area (Å²) in [5, 5.41) is 2.23. The maximum absolute atomic E-state index is 13.3. The number of nitrogen functional groups attached to an aromatic ring is 1. The largest absolute Gasteiger partial charge is 0.398 e. The Morgan fingerprint density at radius 1 is 1.00 bits per heavy atom. The van der Waals surface area contributed by atoms with Crippen molar-refractivity contribution in [3.8, 4) is 0 Å². The third kappa shape index (κ3) is 3.06. The Labute approximate surface area is 179 Å². The minimum Gasteiger partial charge on any atom is -0.398 e. The Bertz CT molecular complexity index is 1140. The number of amides is 4. The van der Waals surface area contributed by atoms with Gasteiger partial charge in [-0.25, -0.2) is 0 Å². The molecule has 2 aromatic carbocycles. The van der Waals surface area contributed by atoms with Gasteiger partial charge in [0.1, 0.15) is 6.04 Å². The number of nitrogens with two attached hydrogens (primary N) is 1. The second-order valence-corrected chi connectivity index (χ2v) is 8.16. The molecule has 8 nitrogen and oxygen atoms in total. The molecule has 0 aliphatic carbocycles. The van der Waals surface area contributed by atoms with Crippen LogP contribution in [0.15, 0.2) is 36.4 Å². The van der Waals surface area contributed by atoms with Crippen LogP contribution < -0.4 is 16.0 Å². The molecular formula is C23H22N4O4. The second-order valence-electron chi connectivity index (χ2n) is 8.16. The Kier molecular flexibility index (Phi) is 4.50. The monoisotopic (exact) mass is 418 g/mol. The molecule has 0 saturated carbocycles. The number of carbonyl (C=O) groups is 4. The smallest absolute Gasteiger partial charge is 0.262 e. The van der Waals surface area contributed by atoms with E-state index < -0.39 is 23.8 Å². The van der Waals surface area contributed by atoms with Gasteiger partial charge in [-0.15, -0.1) is 0 Å². The standard InChI is InChI=1S/C23H22N4O4/c24-16-7-2-8-17-14(16)6-3-11-26(17)12-13-4-1-5-15-20(13)23(31)27(22(15)30)18-9-10-19(28)25-21(18)29/h1-2,4-5,7-8,18H,3,6,9-12,24H2,(H,25,28,29). The van der Waals surface area contributed by atoms with Gasteiger partial charge < -0.3 is 10.6 Å². The van der Waals surface area contributed by atoms with Crippen molar-refractivity contribution in [1.29, 1.82) is 0 Å². The molecule has 0 spiro atoms. The summed E-state index contributed by atoms with van der Waals surface area (Å²) in [6.45, 7) is 1.28. The van der Waals surface area contributed by atoms with Crippen molar-refractivity contribution in [3.05, 3.63) is 58.7 Å². The summed E-state index contributed by atoms with van der Waals surface area (Å²) < 4.78 is 0. The first-order chi connectivity index (χ1) is 15.0. The van der Waals surface area contributed by atoms with Crippen LogP contribution >= 0.6 is 0 Å². The number of nitrogens with zero attached hydrogens (tertiary/aromatic N) is 2. The maximum Gasteiger partial charge on any atom is 0.262 e. The predicted molar refractivity (Wildman–Crippen MR) is 113 cm³/mol. The van der Waals surface area contributed by atoms with E-state index in [9.17, 15) is 19.2 Å². The van der Waals surface area contributed by atoms with Crippen LogP contribution in [-0.4, -0.2) is 41.1 Å². The summed E-state index contributed by atoms with van der Waals surface area (Å²) in [6.07, 6.45) is 2.10. The number of anilines is 2. The van der Waals surface area contributed by atoms with Gasteiger partial charge in [-0.05, 0) is 48.6 Å². The van der Waals surface area contributed by atoms with E-state index in [1.165, 1.54) is 0 Å². The highest BCUT2D eigenvalue weighted by atomic mass is 16.2. The normalized spacial score (nSPS) is 20.6. The number of piperidine rings is 1. The molecule has 0 bridgehead atoms. The number of hydrogen-bond donors (Lipinski definition) is 2.